The normalized spacial score (nSPS) is 11.3. The predicted molar refractivity (Wildman–Crippen MR) is 331 cm³/mol. The van der Waals surface area contributed by atoms with Gasteiger partial charge in [0, 0.05) is 33.5 Å². The number of nitrogens with zero attached hydrogens (tertiary/aromatic N) is 2. The van der Waals surface area contributed by atoms with E-state index in [1.807, 2.05) is 0 Å². The quantitative estimate of drug-likeness (QED) is 0.125. The van der Waals surface area contributed by atoms with E-state index in [-0.39, 0.29) is 0 Å². The molecule has 1 heterocycles. The van der Waals surface area contributed by atoms with E-state index in [1.165, 1.54) is 93.8 Å². The van der Waals surface area contributed by atoms with Crippen molar-refractivity contribution >= 4 is 49.6 Å². The molecular formula is C76H52N2. The number of para-hydroxylation sites is 1. The largest absolute Gasteiger partial charge is 0.310 e. The minimum atomic E-state index is 1.06. The van der Waals surface area contributed by atoms with Gasteiger partial charge >= 0.3 is 0 Å². The lowest BCUT2D eigenvalue weighted by molar-refractivity contribution is 1.18. The Balaban J connectivity index is 0.922. The lowest BCUT2D eigenvalue weighted by Gasteiger charge is -2.26. The van der Waals surface area contributed by atoms with Gasteiger partial charge in [-0.2, -0.15) is 0 Å². The Bertz CT molecular complexity index is 4150. The molecule has 0 saturated heterocycles. The summed E-state index contributed by atoms with van der Waals surface area (Å²) >= 11 is 0. The minimum Gasteiger partial charge on any atom is -0.310 e. The van der Waals surface area contributed by atoms with Gasteiger partial charge in [-0.25, -0.2) is 0 Å². The van der Waals surface area contributed by atoms with Gasteiger partial charge < -0.3 is 9.47 Å². The molecule has 0 aliphatic heterocycles. The van der Waals surface area contributed by atoms with E-state index in [0.717, 1.165) is 39.4 Å². The standard InChI is InChI=1S/C76H52N2/c1-6-20-53(21-7-1)61-46-62(54-22-8-2-9-23-54)49-65(48-61)57-36-41-68(42-37-57)77(69-43-38-58(39-44-69)66-50-63(55-24-10-3-11-25-55)47-64(51-66)56-26-12-4-13-27-56)70-32-18-29-60(52-70)72-34-19-35-73-76(72)75-71-33-17-16-28-59(71)40-45-74(75)78(73)67-30-14-5-15-31-67/h1-52H. The molecule has 0 unspecified atom stereocenters. The van der Waals surface area contributed by atoms with Gasteiger partial charge in [-0.1, -0.05) is 218 Å². The van der Waals surface area contributed by atoms with E-state index in [9.17, 15) is 0 Å². The lowest BCUT2D eigenvalue weighted by Crippen LogP contribution is -2.10. The van der Waals surface area contributed by atoms with Gasteiger partial charge in [-0.3, -0.25) is 0 Å². The van der Waals surface area contributed by atoms with Gasteiger partial charge in [0.1, 0.15) is 0 Å². The SMILES string of the molecule is c1ccc(-c2cc(-c3ccccc3)cc(-c3ccc(N(c4ccc(-c5cc(-c6ccccc6)cc(-c6ccccc6)c5)cc4)c4cccc(-c5cccc6c5c5c7ccccc7ccc5n6-c5ccccc5)c4)cc3)c2)cc1. The molecule has 0 spiro atoms. The van der Waals surface area contributed by atoms with Crippen LogP contribution in [-0.4, -0.2) is 4.57 Å². The van der Waals surface area contributed by atoms with Gasteiger partial charge in [0.15, 0.2) is 0 Å². The molecule has 0 fully saturated rings. The summed E-state index contributed by atoms with van der Waals surface area (Å²) in [4.78, 5) is 2.41. The number of benzene rings is 13. The summed E-state index contributed by atoms with van der Waals surface area (Å²) in [6.07, 6.45) is 0. The van der Waals surface area contributed by atoms with Crippen molar-refractivity contribution in [2.45, 2.75) is 0 Å². The molecule has 366 valence electrons. The van der Waals surface area contributed by atoms with Crippen molar-refractivity contribution < 1.29 is 0 Å². The molecule has 0 radical (unpaired) electrons. The van der Waals surface area contributed by atoms with Crippen LogP contribution in [0, 0.1) is 0 Å². The van der Waals surface area contributed by atoms with E-state index in [0.29, 0.717) is 0 Å². The van der Waals surface area contributed by atoms with Gasteiger partial charge in [0.2, 0.25) is 0 Å². The van der Waals surface area contributed by atoms with Gasteiger partial charge in [-0.05, 0) is 186 Å². The molecule has 0 atom stereocenters. The Kier molecular flexibility index (Phi) is 11.9. The molecule has 0 saturated carbocycles. The monoisotopic (exact) mass is 992 g/mol. The van der Waals surface area contributed by atoms with Crippen molar-refractivity contribution in [2.75, 3.05) is 4.90 Å². The summed E-state index contributed by atoms with van der Waals surface area (Å²) in [7, 11) is 0. The van der Waals surface area contributed by atoms with E-state index in [1.54, 1.807) is 0 Å². The number of anilines is 3. The highest BCUT2D eigenvalue weighted by Gasteiger charge is 2.21. The Labute approximate surface area is 455 Å². The topological polar surface area (TPSA) is 8.17 Å². The van der Waals surface area contributed by atoms with Gasteiger partial charge in [0.05, 0.1) is 11.0 Å². The summed E-state index contributed by atoms with van der Waals surface area (Å²) in [5, 5.41) is 4.97. The Hall–Kier alpha value is -10.3. The van der Waals surface area contributed by atoms with E-state index in [4.69, 9.17) is 0 Å². The molecule has 0 aliphatic carbocycles. The Morgan fingerprint density at radius 2 is 0.603 bits per heavy atom. The number of aromatic nitrogens is 1. The number of hydrogen-bond donors (Lipinski definition) is 0. The van der Waals surface area contributed by atoms with Crippen molar-refractivity contribution in [3.05, 3.63) is 315 Å². The number of rotatable bonds is 11. The maximum atomic E-state index is 2.43. The molecule has 0 N–H and O–H groups in total. The van der Waals surface area contributed by atoms with Crippen LogP contribution in [0.5, 0.6) is 0 Å². The third-order valence-electron chi connectivity index (χ3n) is 15.3. The van der Waals surface area contributed by atoms with Crippen LogP contribution >= 0.6 is 0 Å². The van der Waals surface area contributed by atoms with Crippen LogP contribution < -0.4 is 4.90 Å². The average molecular weight is 993 g/mol. The predicted octanol–water partition coefficient (Wildman–Crippen LogP) is 21.1. The van der Waals surface area contributed by atoms with Crippen LogP contribution in [-0.2, 0) is 0 Å². The summed E-state index contributed by atoms with van der Waals surface area (Å²) in [5.41, 5.74) is 23.2. The van der Waals surface area contributed by atoms with Crippen molar-refractivity contribution in [3.8, 4) is 83.6 Å². The molecule has 0 aliphatic rings. The van der Waals surface area contributed by atoms with Crippen molar-refractivity contribution in [2.24, 2.45) is 0 Å². The fourth-order valence-electron chi connectivity index (χ4n) is 11.6. The molecule has 0 bridgehead atoms. The zero-order chi connectivity index (χ0) is 51.8. The first-order chi connectivity index (χ1) is 38.7. The van der Waals surface area contributed by atoms with Crippen LogP contribution in [0.2, 0.25) is 0 Å². The van der Waals surface area contributed by atoms with Crippen LogP contribution in [0.3, 0.4) is 0 Å². The summed E-state index contributed by atoms with van der Waals surface area (Å²) in [5.74, 6) is 0. The summed E-state index contributed by atoms with van der Waals surface area (Å²) in [6, 6.07) is 115. The van der Waals surface area contributed by atoms with Crippen molar-refractivity contribution in [1.82, 2.24) is 4.57 Å². The van der Waals surface area contributed by atoms with Gasteiger partial charge in [0.25, 0.3) is 0 Å². The maximum absolute atomic E-state index is 2.43. The molecule has 14 aromatic rings. The third kappa shape index (κ3) is 8.72. The Morgan fingerprint density at radius 1 is 0.218 bits per heavy atom. The molecule has 2 heteroatoms. The van der Waals surface area contributed by atoms with Crippen LogP contribution in [0.1, 0.15) is 0 Å². The van der Waals surface area contributed by atoms with Gasteiger partial charge in [-0.15, -0.1) is 0 Å². The first-order valence-corrected chi connectivity index (χ1v) is 26.8. The maximum Gasteiger partial charge on any atom is 0.0547 e. The van der Waals surface area contributed by atoms with Crippen molar-refractivity contribution in [1.29, 1.82) is 0 Å². The third-order valence-corrected chi connectivity index (χ3v) is 15.3. The highest BCUT2D eigenvalue weighted by molar-refractivity contribution is 6.25. The second-order valence-corrected chi connectivity index (χ2v) is 20.1. The molecular weight excluding hydrogens is 941 g/mol. The average Bonchev–Trinajstić information content (AvgIpc) is 3.97. The molecule has 14 rings (SSSR count). The van der Waals surface area contributed by atoms with E-state index < -0.39 is 0 Å². The zero-order valence-corrected chi connectivity index (χ0v) is 42.9. The first kappa shape index (κ1) is 46.3. The molecule has 1 aromatic heterocycles. The highest BCUT2D eigenvalue weighted by Crippen LogP contribution is 2.45. The number of hydrogen-bond acceptors (Lipinski definition) is 1. The zero-order valence-electron chi connectivity index (χ0n) is 42.9. The van der Waals surface area contributed by atoms with E-state index in [2.05, 4.69) is 325 Å². The fourth-order valence-corrected chi connectivity index (χ4v) is 11.6. The van der Waals surface area contributed by atoms with Crippen LogP contribution in [0.15, 0.2) is 315 Å². The minimum absolute atomic E-state index is 1.06. The lowest BCUT2D eigenvalue weighted by atomic mass is 9.93. The second-order valence-electron chi connectivity index (χ2n) is 20.1. The molecule has 13 aromatic carbocycles. The van der Waals surface area contributed by atoms with Crippen molar-refractivity contribution in [3.63, 3.8) is 0 Å². The highest BCUT2D eigenvalue weighted by atomic mass is 15.1. The number of fused-ring (bicyclic) bond motifs is 5. The molecule has 2 nitrogen and oxygen atoms in total. The second kappa shape index (κ2) is 20.1. The summed E-state index contributed by atoms with van der Waals surface area (Å²) < 4.78 is 2.43. The smallest absolute Gasteiger partial charge is 0.0547 e. The first-order valence-electron chi connectivity index (χ1n) is 26.8. The summed E-state index contributed by atoms with van der Waals surface area (Å²) in [6.45, 7) is 0. The van der Waals surface area contributed by atoms with E-state index >= 15 is 0 Å². The fraction of sp³-hybridized carbons (Fsp3) is 0. The molecule has 78 heavy (non-hydrogen) atoms. The Morgan fingerprint density at radius 3 is 1.08 bits per heavy atom. The van der Waals surface area contributed by atoms with Crippen LogP contribution in [0.4, 0.5) is 17.1 Å². The molecule has 0 amide bonds. The van der Waals surface area contributed by atoms with Crippen LogP contribution in [0.25, 0.3) is 116 Å².